The molecule has 1 rings (SSSR count). The van der Waals surface area contributed by atoms with Gasteiger partial charge in [-0.3, -0.25) is 4.79 Å². The average Bonchev–Trinajstić information content (AvgIpc) is 1.02. The average molecular weight is 1300 g/mol. The largest absolute Gasteiger partial charge is 0.394 e. The lowest BCUT2D eigenvalue weighted by molar-refractivity contribution is -0.302. The highest BCUT2D eigenvalue weighted by atomic mass is 16.7. The zero-order chi connectivity index (χ0) is 67.1. The van der Waals surface area contributed by atoms with Gasteiger partial charge < -0.3 is 40.3 Å². The zero-order valence-corrected chi connectivity index (χ0v) is 59.7. The van der Waals surface area contributed by atoms with Gasteiger partial charge in [-0.05, 0) is 103 Å². The highest BCUT2D eigenvalue weighted by Crippen LogP contribution is 2.23. The fourth-order valence-corrected chi connectivity index (χ4v) is 11.5. The molecule has 9 nitrogen and oxygen atoms in total. The van der Waals surface area contributed by atoms with Crippen molar-refractivity contribution < 1.29 is 39.8 Å². The van der Waals surface area contributed by atoms with Crippen LogP contribution in [-0.4, -0.2) is 87.5 Å². The number of aliphatic hydroxyl groups is 5. The van der Waals surface area contributed by atoms with Crippen LogP contribution in [0.2, 0.25) is 0 Å². The molecule has 1 amide bonds. The van der Waals surface area contributed by atoms with Gasteiger partial charge in [0, 0.05) is 6.42 Å². The van der Waals surface area contributed by atoms with Crippen LogP contribution in [0.15, 0.2) is 146 Å². The molecule has 7 unspecified atom stereocenters. The Balaban J connectivity index is 2.16. The Morgan fingerprint density at radius 1 is 0.376 bits per heavy atom. The molecule has 0 radical (unpaired) electrons. The van der Waals surface area contributed by atoms with Crippen LogP contribution in [0.3, 0.4) is 0 Å². The van der Waals surface area contributed by atoms with Crippen molar-refractivity contribution in [3.63, 3.8) is 0 Å². The molecule has 7 atom stereocenters. The fourth-order valence-electron chi connectivity index (χ4n) is 11.5. The summed E-state index contributed by atoms with van der Waals surface area (Å²) in [4.78, 5) is 13.2. The summed E-state index contributed by atoms with van der Waals surface area (Å²) in [5.74, 6) is -0.198. The maximum absolute atomic E-state index is 13.2. The maximum atomic E-state index is 13.2. The number of unbranched alkanes of at least 4 members (excludes halogenated alkanes) is 34. The number of amides is 1. The summed E-state index contributed by atoms with van der Waals surface area (Å²) >= 11 is 0. The summed E-state index contributed by atoms with van der Waals surface area (Å²) in [5, 5.41) is 54.9. The number of aliphatic hydroxyl groups excluding tert-OH is 5. The first-order valence-electron chi connectivity index (χ1n) is 38.6. The minimum atomic E-state index is -1.58. The Morgan fingerprint density at radius 2 is 0.667 bits per heavy atom. The van der Waals surface area contributed by atoms with E-state index in [-0.39, 0.29) is 12.5 Å². The quantitative estimate of drug-likeness (QED) is 0.0261. The maximum Gasteiger partial charge on any atom is 0.220 e. The number of hydrogen-bond donors (Lipinski definition) is 6. The van der Waals surface area contributed by atoms with Gasteiger partial charge in [-0.1, -0.05) is 359 Å². The highest BCUT2D eigenvalue weighted by Gasteiger charge is 2.44. The molecular formula is C84H143NO8. The second-order valence-corrected chi connectivity index (χ2v) is 26.1. The van der Waals surface area contributed by atoms with Crippen LogP contribution in [0.1, 0.15) is 322 Å². The Hall–Kier alpha value is -3.93. The minimum Gasteiger partial charge on any atom is -0.394 e. The smallest absolute Gasteiger partial charge is 0.220 e. The first-order chi connectivity index (χ1) is 45.8. The van der Waals surface area contributed by atoms with Gasteiger partial charge in [-0.25, -0.2) is 0 Å². The number of allylic oxidation sites excluding steroid dienone is 23. The van der Waals surface area contributed by atoms with Gasteiger partial charge >= 0.3 is 0 Å². The first-order valence-corrected chi connectivity index (χ1v) is 38.6. The van der Waals surface area contributed by atoms with Crippen LogP contribution >= 0.6 is 0 Å². The Morgan fingerprint density at radius 3 is 0.989 bits per heavy atom. The number of hydrogen-bond acceptors (Lipinski definition) is 8. The third-order valence-corrected chi connectivity index (χ3v) is 17.4. The summed E-state index contributed by atoms with van der Waals surface area (Å²) in [6.07, 6.45) is 103. The van der Waals surface area contributed by atoms with E-state index in [1.807, 2.05) is 6.08 Å². The van der Waals surface area contributed by atoms with Crippen molar-refractivity contribution in [3.8, 4) is 0 Å². The lowest BCUT2D eigenvalue weighted by Crippen LogP contribution is -2.60. The van der Waals surface area contributed by atoms with Crippen LogP contribution in [0.4, 0.5) is 0 Å². The zero-order valence-electron chi connectivity index (χ0n) is 59.7. The van der Waals surface area contributed by atoms with Crippen molar-refractivity contribution in [3.05, 3.63) is 146 Å². The Bertz CT molecular complexity index is 1990. The summed E-state index contributed by atoms with van der Waals surface area (Å²) in [7, 11) is 0. The molecule has 0 spiro atoms. The molecule has 0 aliphatic carbocycles. The molecule has 1 fully saturated rings. The number of ether oxygens (including phenoxy) is 2. The Kier molecular flexibility index (Phi) is 66.3. The molecule has 9 heteroatoms. The molecule has 0 saturated carbocycles. The van der Waals surface area contributed by atoms with Crippen LogP contribution in [0.5, 0.6) is 0 Å². The van der Waals surface area contributed by atoms with E-state index in [0.717, 1.165) is 128 Å². The highest BCUT2D eigenvalue weighted by molar-refractivity contribution is 5.76. The summed E-state index contributed by atoms with van der Waals surface area (Å²) in [6, 6.07) is -0.829. The van der Waals surface area contributed by atoms with Gasteiger partial charge in [0.2, 0.25) is 5.91 Å². The molecule has 532 valence electrons. The van der Waals surface area contributed by atoms with E-state index < -0.39 is 49.5 Å². The monoisotopic (exact) mass is 1290 g/mol. The standard InChI is InChI=1S/C84H143NO8/c1-3-5-7-9-11-13-15-17-19-21-23-25-27-29-31-33-35-36-37-38-39-40-41-42-44-46-48-50-52-54-56-58-60-62-64-66-68-70-72-74-80(88)85-77(76-92-84-83(91)82(90)81(89)79(75-86)93-84)78(87)73-71-69-67-65-63-61-59-57-55-53-51-49-47-45-43-34-32-30-28-26-24-22-20-18-16-14-12-10-8-6-4-2/h5,7,11,13,17,19,23,25,29,31,35-36,38-39,41-42,46,48,52,54,58,60,71,73,77-79,81-84,86-87,89-91H,3-4,6,8-10,12,14-16,18,20-22,24,26-28,30,32-34,37,40,43-45,47,49-51,53,55-57,59,61-70,72,74-76H2,1-2H3,(H,85,88)/b7-5-,13-11-,19-17-,25-23-,31-29-,36-35-,39-38-,42-41-,48-46-,54-52-,60-58-,73-71+. The molecule has 0 aromatic rings. The normalized spacial score (nSPS) is 18.5. The summed E-state index contributed by atoms with van der Waals surface area (Å²) in [5.41, 5.74) is 0. The van der Waals surface area contributed by atoms with Crippen molar-refractivity contribution in [2.45, 2.75) is 365 Å². The lowest BCUT2D eigenvalue weighted by atomic mass is 9.99. The van der Waals surface area contributed by atoms with Crippen molar-refractivity contribution in [2.75, 3.05) is 13.2 Å². The summed E-state index contributed by atoms with van der Waals surface area (Å²) in [6.45, 7) is 3.68. The lowest BCUT2D eigenvalue weighted by Gasteiger charge is -2.40. The molecule has 6 N–H and O–H groups in total. The van der Waals surface area contributed by atoms with Crippen LogP contribution < -0.4 is 5.32 Å². The van der Waals surface area contributed by atoms with E-state index in [4.69, 9.17) is 9.47 Å². The van der Waals surface area contributed by atoms with Gasteiger partial charge in [0.05, 0.1) is 25.4 Å². The number of carbonyl (C=O) groups excluding carboxylic acids is 1. The van der Waals surface area contributed by atoms with Gasteiger partial charge in [0.15, 0.2) is 6.29 Å². The van der Waals surface area contributed by atoms with Crippen molar-refractivity contribution in [1.82, 2.24) is 5.32 Å². The molecule has 1 heterocycles. The second kappa shape index (κ2) is 70.9. The van der Waals surface area contributed by atoms with E-state index in [1.54, 1.807) is 6.08 Å². The van der Waals surface area contributed by atoms with Gasteiger partial charge in [0.1, 0.15) is 24.4 Å². The molecule has 1 aliphatic heterocycles. The molecular weight excluding hydrogens is 1150 g/mol. The predicted octanol–water partition coefficient (Wildman–Crippen LogP) is 22.1. The fraction of sp³-hybridized carbons (Fsp3) is 0.702. The van der Waals surface area contributed by atoms with E-state index in [1.165, 1.54) is 173 Å². The van der Waals surface area contributed by atoms with Crippen LogP contribution in [-0.2, 0) is 14.3 Å². The predicted molar refractivity (Wildman–Crippen MR) is 400 cm³/mol. The molecule has 0 aromatic heterocycles. The van der Waals surface area contributed by atoms with Crippen molar-refractivity contribution in [1.29, 1.82) is 0 Å². The molecule has 0 aromatic carbocycles. The third kappa shape index (κ3) is 59.1. The summed E-state index contributed by atoms with van der Waals surface area (Å²) < 4.78 is 11.3. The van der Waals surface area contributed by atoms with Crippen LogP contribution in [0, 0.1) is 0 Å². The third-order valence-electron chi connectivity index (χ3n) is 17.4. The van der Waals surface area contributed by atoms with E-state index >= 15 is 0 Å². The molecule has 0 bridgehead atoms. The van der Waals surface area contributed by atoms with Crippen molar-refractivity contribution in [2.24, 2.45) is 0 Å². The Labute approximate surface area is 572 Å². The van der Waals surface area contributed by atoms with E-state index in [2.05, 4.69) is 153 Å². The first kappa shape index (κ1) is 87.1. The van der Waals surface area contributed by atoms with E-state index in [9.17, 15) is 30.3 Å². The van der Waals surface area contributed by atoms with Gasteiger partial charge in [-0.15, -0.1) is 0 Å². The topological polar surface area (TPSA) is 149 Å². The minimum absolute atomic E-state index is 0.198. The number of rotatable bonds is 66. The number of carbonyl (C=O) groups is 1. The van der Waals surface area contributed by atoms with Crippen LogP contribution in [0.25, 0.3) is 0 Å². The van der Waals surface area contributed by atoms with E-state index in [0.29, 0.717) is 6.42 Å². The second-order valence-electron chi connectivity index (χ2n) is 26.1. The molecule has 1 saturated heterocycles. The van der Waals surface area contributed by atoms with Crippen molar-refractivity contribution >= 4 is 5.91 Å². The van der Waals surface area contributed by atoms with Gasteiger partial charge in [0.25, 0.3) is 0 Å². The van der Waals surface area contributed by atoms with Gasteiger partial charge in [-0.2, -0.15) is 0 Å². The SMILES string of the molecule is CC/C=C\C/C=C\C/C=C\C/C=C\C/C=C\C/C=C\C/C=C\C/C=C\C/C=C\C/C=C\C/C=C\CCCCCCCC(=O)NC(COC1OC(CO)C(O)C(O)C1O)C(O)/C=C/CCCCCCCCCCCCCCCCCCCCCCCCCCCCCCC. The molecule has 93 heavy (non-hydrogen) atoms. The molecule has 1 aliphatic rings. The number of nitrogens with one attached hydrogen (secondary N) is 1.